The number of piperazine rings is 1. The fourth-order valence-electron chi connectivity index (χ4n) is 2.79. The standard InChI is InChI=1S/C19H32N4O2/c1-15(2)14-25-18-7-5-6-16(10-18)11-20-19(24)21-12-17-13-22(3)8-9-23(17)4/h5-7,10,15,17H,8-9,11-14H2,1-4H3,(H2,20,21,24)/t17-/m1/s1. The van der Waals surface area contributed by atoms with Gasteiger partial charge in [0, 0.05) is 38.8 Å². The summed E-state index contributed by atoms with van der Waals surface area (Å²) >= 11 is 0. The molecule has 25 heavy (non-hydrogen) atoms. The van der Waals surface area contributed by atoms with Crippen LogP contribution in [0.4, 0.5) is 4.79 Å². The van der Waals surface area contributed by atoms with E-state index in [-0.39, 0.29) is 6.03 Å². The minimum atomic E-state index is -0.130. The summed E-state index contributed by atoms with van der Waals surface area (Å²) in [5, 5.41) is 5.90. The molecule has 140 valence electrons. The Labute approximate surface area is 151 Å². The van der Waals surface area contributed by atoms with Crippen LogP contribution in [0.2, 0.25) is 0 Å². The van der Waals surface area contributed by atoms with E-state index >= 15 is 0 Å². The topological polar surface area (TPSA) is 56.8 Å². The Morgan fingerprint density at radius 3 is 2.84 bits per heavy atom. The lowest BCUT2D eigenvalue weighted by atomic mass is 10.2. The third-order valence-corrected chi connectivity index (χ3v) is 4.41. The molecule has 1 heterocycles. The van der Waals surface area contributed by atoms with E-state index in [0.717, 1.165) is 30.9 Å². The highest BCUT2D eigenvalue weighted by Crippen LogP contribution is 2.14. The SMILES string of the molecule is CC(C)COc1cccc(CNC(=O)NC[C@@H]2CN(C)CCN2C)c1. The highest BCUT2D eigenvalue weighted by atomic mass is 16.5. The molecule has 1 saturated heterocycles. The van der Waals surface area contributed by atoms with Crippen molar-refractivity contribution in [3.8, 4) is 5.75 Å². The number of nitrogens with one attached hydrogen (secondary N) is 2. The van der Waals surface area contributed by atoms with Crippen LogP contribution >= 0.6 is 0 Å². The second kappa shape index (κ2) is 9.63. The molecule has 1 atom stereocenters. The molecule has 6 nitrogen and oxygen atoms in total. The molecule has 2 amide bonds. The van der Waals surface area contributed by atoms with Crippen molar-refractivity contribution < 1.29 is 9.53 Å². The second-order valence-electron chi connectivity index (χ2n) is 7.31. The Bertz CT molecular complexity index is 550. The monoisotopic (exact) mass is 348 g/mol. The number of hydrogen-bond donors (Lipinski definition) is 2. The van der Waals surface area contributed by atoms with Crippen molar-refractivity contribution in [2.75, 3.05) is 46.9 Å². The van der Waals surface area contributed by atoms with Crippen molar-refractivity contribution in [1.82, 2.24) is 20.4 Å². The van der Waals surface area contributed by atoms with Gasteiger partial charge in [-0.2, -0.15) is 0 Å². The van der Waals surface area contributed by atoms with Gasteiger partial charge in [-0.05, 0) is 37.7 Å². The molecule has 1 aromatic carbocycles. The molecule has 0 aliphatic carbocycles. The van der Waals surface area contributed by atoms with Gasteiger partial charge in [-0.25, -0.2) is 4.79 Å². The number of ether oxygens (including phenoxy) is 1. The second-order valence-corrected chi connectivity index (χ2v) is 7.31. The summed E-state index contributed by atoms with van der Waals surface area (Å²) in [6.07, 6.45) is 0. The first kappa shape index (κ1) is 19.5. The Morgan fingerprint density at radius 2 is 2.08 bits per heavy atom. The van der Waals surface area contributed by atoms with E-state index in [4.69, 9.17) is 4.74 Å². The van der Waals surface area contributed by atoms with E-state index in [0.29, 0.717) is 31.7 Å². The van der Waals surface area contributed by atoms with E-state index < -0.39 is 0 Å². The maximum absolute atomic E-state index is 12.1. The highest BCUT2D eigenvalue weighted by molar-refractivity contribution is 5.73. The van der Waals surface area contributed by atoms with E-state index in [1.807, 2.05) is 24.3 Å². The van der Waals surface area contributed by atoms with Crippen molar-refractivity contribution in [2.24, 2.45) is 5.92 Å². The number of carbonyl (C=O) groups is 1. The van der Waals surface area contributed by atoms with E-state index in [1.54, 1.807) is 0 Å². The molecule has 0 aromatic heterocycles. The number of urea groups is 1. The molecule has 0 radical (unpaired) electrons. The molecular formula is C19H32N4O2. The Kier molecular flexibility index (Phi) is 7.52. The Balaban J connectivity index is 1.73. The van der Waals surface area contributed by atoms with E-state index in [9.17, 15) is 4.79 Å². The maximum Gasteiger partial charge on any atom is 0.315 e. The summed E-state index contributed by atoms with van der Waals surface area (Å²) in [6, 6.07) is 8.10. The van der Waals surface area contributed by atoms with Gasteiger partial charge in [0.15, 0.2) is 0 Å². The van der Waals surface area contributed by atoms with Crippen LogP contribution in [0.1, 0.15) is 19.4 Å². The van der Waals surface area contributed by atoms with Crippen molar-refractivity contribution in [2.45, 2.75) is 26.4 Å². The quantitative estimate of drug-likeness (QED) is 0.788. The molecule has 2 rings (SSSR count). The molecule has 0 bridgehead atoms. The molecule has 1 aliphatic rings. The fraction of sp³-hybridized carbons (Fsp3) is 0.632. The van der Waals surface area contributed by atoms with Gasteiger partial charge >= 0.3 is 6.03 Å². The smallest absolute Gasteiger partial charge is 0.315 e. The predicted molar refractivity (Wildman–Crippen MR) is 101 cm³/mol. The van der Waals surface area contributed by atoms with Gasteiger partial charge in [-0.1, -0.05) is 26.0 Å². The largest absolute Gasteiger partial charge is 0.493 e. The van der Waals surface area contributed by atoms with Crippen LogP contribution in [0.5, 0.6) is 5.75 Å². The third kappa shape index (κ3) is 6.92. The average molecular weight is 348 g/mol. The van der Waals surface area contributed by atoms with Crippen LogP contribution in [0.25, 0.3) is 0 Å². The zero-order valence-corrected chi connectivity index (χ0v) is 15.9. The van der Waals surface area contributed by atoms with Gasteiger partial charge in [-0.15, -0.1) is 0 Å². The van der Waals surface area contributed by atoms with Gasteiger partial charge < -0.3 is 20.3 Å². The summed E-state index contributed by atoms with van der Waals surface area (Å²) in [5.41, 5.74) is 1.03. The first-order chi connectivity index (χ1) is 11.9. The summed E-state index contributed by atoms with van der Waals surface area (Å²) < 4.78 is 5.73. The predicted octanol–water partition coefficient (Wildman–Crippen LogP) is 1.77. The lowest BCUT2D eigenvalue weighted by Gasteiger charge is -2.37. The van der Waals surface area contributed by atoms with Crippen molar-refractivity contribution in [3.05, 3.63) is 29.8 Å². The lowest BCUT2D eigenvalue weighted by Crippen LogP contribution is -2.55. The number of rotatable bonds is 7. The lowest BCUT2D eigenvalue weighted by molar-refractivity contribution is 0.114. The molecule has 1 fully saturated rings. The average Bonchev–Trinajstić information content (AvgIpc) is 2.59. The minimum absolute atomic E-state index is 0.130. The van der Waals surface area contributed by atoms with Crippen LogP contribution in [0.3, 0.4) is 0 Å². The van der Waals surface area contributed by atoms with Crippen molar-refractivity contribution in [1.29, 1.82) is 0 Å². The molecule has 2 N–H and O–H groups in total. The summed E-state index contributed by atoms with van der Waals surface area (Å²) in [7, 11) is 4.23. The van der Waals surface area contributed by atoms with Gasteiger partial charge in [0.2, 0.25) is 0 Å². The molecule has 0 saturated carbocycles. The number of likely N-dealkylation sites (N-methyl/N-ethyl adjacent to an activating group) is 2. The first-order valence-electron chi connectivity index (χ1n) is 9.06. The summed E-state index contributed by atoms with van der Waals surface area (Å²) in [6.45, 7) is 9.18. The molecular weight excluding hydrogens is 316 g/mol. The first-order valence-corrected chi connectivity index (χ1v) is 9.06. The zero-order valence-electron chi connectivity index (χ0n) is 15.9. The minimum Gasteiger partial charge on any atom is -0.493 e. The summed E-state index contributed by atoms with van der Waals surface area (Å²) in [5.74, 6) is 1.34. The van der Waals surface area contributed by atoms with Crippen LogP contribution < -0.4 is 15.4 Å². The van der Waals surface area contributed by atoms with Gasteiger partial charge in [-0.3, -0.25) is 4.90 Å². The number of amides is 2. The maximum atomic E-state index is 12.1. The van der Waals surface area contributed by atoms with E-state index in [1.165, 1.54) is 0 Å². The van der Waals surface area contributed by atoms with Crippen LogP contribution in [0.15, 0.2) is 24.3 Å². The normalized spacial score (nSPS) is 19.0. The zero-order chi connectivity index (χ0) is 18.2. The molecule has 0 spiro atoms. The Hall–Kier alpha value is -1.79. The number of nitrogens with zero attached hydrogens (tertiary/aromatic N) is 2. The number of hydrogen-bond acceptors (Lipinski definition) is 4. The van der Waals surface area contributed by atoms with Gasteiger partial charge in [0.25, 0.3) is 0 Å². The highest BCUT2D eigenvalue weighted by Gasteiger charge is 2.22. The van der Waals surface area contributed by atoms with Crippen molar-refractivity contribution >= 4 is 6.03 Å². The van der Waals surface area contributed by atoms with Crippen LogP contribution in [0, 0.1) is 5.92 Å². The number of carbonyl (C=O) groups excluding carboxylic acids is 1. The fourth-order valence-corrected chi connectivity index (χ4v) is 2.79. The van der Waals surface area contributed by atoms with Crippen LogP contribution in [-0.2, 0) is 6.54 Å². The number of benzene rings is 1. The molecule has 0 unspecified atom stereocenters. The van der Waals surface area contributed by atoms with Gasteiger partial charge in [0.1, 0.15) is 5.75 Å². The summed E-state index contributed by atoms with van der Waals surface area (Å²) in [4.78, 5) is 16.7. The van der Waals surface area contributed by atoms with Gasteiger partial charge in [0.05, 0.1) is 6.61 Å². The molecule has 1 aliphatic heterocycles. The van der Waals surface area contributed by atoms with E-state index in [2.05, 4.69) is 48.4 Å². The third-order valence-electron chi connectivity index (χ3n) is 4.41. The van der Waals surface area contributed by atoms with Crippen LogP contribution in [-0.4, -0.2) is 68.8 Å². The Morgan fingerprint density at radius 1 is 1.28 bits per heavy atom. The molecule has 1 aromatic rings. The molecule has 6 heteroatoms. The van der Waals surface area contributed by atoms with Crippen molar-refractivity contribution in [3.63, 3.8) is 0 Å².